The van der Waals surface area contributed by atoms with Gasteiger partial charge in [-0.2, -0.15) is 0 Å². The Morgan fingerprint density at radius 3 is 2.92 bits per heavy atom. The van der Waals surface area contributed by atoms with E-state index in [4.69, 9.17) is 14.3 Å². The number of hydrogen-bond acceptors (Lipinski definition) is 5. The van der Waals surface area contributed by atoms with Crippen LogP contribution in [0, 0.1) is 0 Å². The van der Waals surface area contributed by atoms with E-state index in [-0.39, 0.29) is 0 Å². The van der Waals surface area contributed by atoms with Crippen molar-refractivity contribution in [3.05, 3.63) is 48.9 Å². The Balaban J connectivity index is 1.53. The molecule has 3 aromatic heterocycles. The Hall–Kier alpha value is -2.86. The second kappa shape index (κ2) is 5.89. The van der Waals surface area contributed by atoms with Gasteiger partial charge >= 0.3 is 0 Å². The van der Waals surface area contributed by atoms with E-state index in [1.54, 1.807) is 6.26 Å². The van der Waals surface area contributed by atoms with Crippen LogP contribution in [0.25, 0.3) is 27.9 Å². The van der Waals surface area contributed by atoms with Gasteiger partial charge in [0.05, 0.1) is 18.2 Å². The third-order valence-corrected chi connectivity index (χ3v) is 4.68. The Bertz CT molecular complexity index is 1030. The van der Waals surface area contributed by atoms with Gasteiger partial charge in [-0.3, -0.25) is 0 Å². The zero-order chi connectivity index (χ0) is 16.6. The second-order valence-corrected chi connectivity index (χ2v) is 6.34. The molecule has 1 aromatic carbocycles. The summed E-state index contributed by atoms with van der Waals surface area (Å²) in [6, 6.07) is 12.5. The van der Waals surface area contributed by atoms with Crippen molar-refractivity contribution in [2.45, 2.75) is 18.9 Å². The van der Waals surface area contributed by atoms with Crippen molar-refractivity contribution in [2.24, 2.45) is 0 Å². The molecule has 0 aliphatic carbocycles. The van der Waals surface area contributed by atoms with Crippen LogP contribution in [0.4, 0.5) is 5.82 Å². The first-order valence-electron chi connectivity index (χ1n) is 8.53. The lowest BCUT2D eigenvalue weighted by Gasteiger charge is -2.23. The van der Waals surface area contributed by atoms with Crippen molar-refractivity contribution < 1.29 is 9.15 Å². The molecule has 126 valence electrons. The van der Waals surface area contributed by atoms with Crippen molar-refractivity contribution in [3.8, 4) is 11.3 Å². The van der Waals surface area contributed by atoms with Gasteiger partial charge < -0.3 is 14.5 Å². The number of hydrogen-bond donors (Lipinski definition) is 1. The number of benzene rings is 1. The van der Waals surface area contributed by atoms with E-state index in [2.05, 4.69) is 16.4 Å². The molecule has 1 saturated heterocycles. The molecule has 0 atom stereocenters. The molecule has 0 unspecified atom stereocenters. The van der Waals surface area contributed by atoms with Gasteiger partial charge in [0.25, 0.3) is 0 Å². The summed E-state index contributed by atoms with van der Waals surface area (Å²) in [5, 5.41) is 9.34. The van der Waals surface area contributed by atoms with Crippen molar-refractivity contribution >= 4 is 22.4 Å². The summed E-state index contributed by atoms with van der Waals surface area (Å²) >= 11 is 0. The number of anilines is 1. The highest BCUT2D eigenvalue weighted by Crippen LogP contribution is 2.26. The standard InChI is InChI=1S/C19H18N4O2/c1-2-17-14(5-10-25-17)11-13(1)16-12-20-19-4-3-18(22-23(16)19)21-15-6-8-24-9-7-15/h1-5,10-12,15H,6-9H2,(H,21,22). The van der Waals surface area contributed by atoms with Crippen LogP contribution in [0.5, 0.6) is 0 Å². The first kappa shape index (κ1) is 14.5. The van der Waals surface area contributed by atoms with Crippen LogP contribution in [-0.4, -0.2) is 33.9 Å². The van der Waals surface area contributed by atoms with Gasteiger partial charge in [-0.25, -0.2) is 9.50 Å². The molecule has 6 heteroatoms. The molecule has 0 amide bonds. The van der Waals surface area contributed by atoms with Crippen molar-refractivity contribution in [2.75, 3.05) is 18.5 Å². The summed E-state index contributed by atoms with van der Waals surface area (Å²) in [6.45, 7) is 1.61. The maximum atomic E-state index is 5.42. The lowest BCUT2D eigenvalue weighted by atomic mass is 10.1. The minimum atomic E-state index is 0.410. The highest BCUT2D eigenvalue weighted by Gasteiger charge is 2.15. The smallest absolute Gasteiger partial charge is 0.154 e. The highest BCUT2D eigenvalue weighted by molar-refractivity contribution is 5.83. The molecule has 0 radical (unpaired) electrons. The van der Waals surface area contributed by atoms with Crippen molar-refractivity contribution in [1.82, 2.24) is 14.6 Å². The number of rotatable bonds is 3. The van der Waals surface area contributed by atoms with E-state index in [1.165, 1.54) is 0 Å². The molecular formula is C19H18N4O2. The van der Waals surface area contributed by atoms with Gasteiger partial charge in [0, 0.05) is 30.2 Å². The van der Waals surface area contributed by atoms with Crippen LogP contribution in [0.3, 0.4) is 0 Å². The third-order valence-electron chi connectivity index (χ3n) is 4.68. The first-order valence-corrected chi connectivity index (χ1v) is 8.53. The van der Waals surface area contributed by atoms with Crippen LogP contribution < -0.4 is 5.32 Å². The Morgan fingerprint density at radius 1 is 1.08 bits per heavy atom. The van der Waals surface area contributed by atoms with E-state index >= 15 is 0 Å². The monoisotopic (exact) mass is 334 g/mol. The Labute approximate surface area is 144 Å². The van der Waals surface area contributed by atoms with Gasteiger partial charge in [-0.15, -0.1) is 5.10 Å². The fourth-order valence-electron chi connectivity index (χ4n) is 3.32. The van der Waals surface area contributed by atoms with Crippen molar-refractivity contribution in [1.29, 1.82) is 0 Å². The molecule has 0 spiro atoms. The maximum absolute atomic E-state index is 5.42. The summed E-state index contributed by atoms with van der Waals surface area (Å²) in [4.78, 5) is 4.48. The molecule has 1 aliphatic rings. The van der Waals surface area contributed by atoms with Crippen LogP contribution in [-0.2, 0) is 4.74 Å². The van der Waals surface area contributed by atoms with Crippen molar-refractivity contribution in [3.63, 3.8) is 0 Å². The van der Waals surface area contributed by atoms with Gasteiger partial charge in [0.2, 0.25) is 0 Å². The quantitative estimate of drug-likeness (QED) is 0.618. The van der Waals surface area contributed by atoms with E-state index < -0.39 is 0 Å². The maximum Gasteiger partial charge on any atom is 0.154 e. The molecule has 5 rings (SSSR count). The number of ether oxygens (including phenoxy) is 1. The average Bonchev–Trinajstić information content (AvgIpc) is 3.28. The lowest BCUT2D eigenvalue weighted by Crippen LogP contribution is -2.28. The van der Waals surface area contributed by atoms with Gasteiger partial charge in [-0.1, -0.05) is 0 Å². The number of fused-ring (bicyclic) bond motifs is 2. The predicted octanol–water partition coefficient (Wildman–Crippen LogP) is 3.73. The van der Waals surface area contributed by atoms with E-state index in [9.17, 15) is 0 Å². The number of nitrogens with one attached hydrogen (secondary N) is 1. The summed E-state index contributed by atoms with van der Waals surface area (Å²) < 4.78 is 12.7. The van der Waals surface area contributed by atoms with E-state index in [1.807, 2.05) is 41.0 Å². The van der Waals surface area contributed by atoms with Crippen LogP contribution in [0.2, 0.25) is 0 Å². The van der Waals surface area contributed by atoms with Gasteiger partial charge in [0.15, 0.2) is 5.65 Å². The zero-order valence-corrected chi connectivity index (χ0v) is 13.7. The van der Waals surface area contributed by atoms with Crippen LogP contribution in [0.1, 0.15) is 12.8 Å². The lowest BCUT2D eigenvalue weighted by molar-refractivity contribution is 0.0903. The summed E-state index contributed by atoms with van der Waals surface area (Å²) in [5.74, 6) is 0.864. The fraction of sp³-hybridized carbons (Fsp3) is 0.263. The summed E-state index contributed by atoms with van der Waals surface area (Å²) in [5.41, 5.74) is 3.75. The molecule has 4 aromatic rings. The van der Waals surface area contributed by atoms with Gasteiger partial charge in [0.1, 0.15) is 11.4 Å². The minimum absolute atomic E-state index is 0.410. The van der Waals surface area contributed by atoms with Crippen LogP contribution in [0.15, 0.2) is 53.3 Å². The van der Waals surface area contributed by atoms with E-state index in [0.717, 1.165) is 59.7 Å². The van der Waals surface area contributed by atoms with Gasteiger partial charge in [-0.05, 0) is 49.2 Å². The molecule has 0 bridgehead atoms. The largest absolute Gasteiger partial charge is 0.464 e. The molecule has 0 saturated carbocycles. The average molecular weight is 334 g/mol. The molecule has 1 N–H and O–H groups in total. The second-order valence-electron chi connectivity index (χ2n) is 6.34. The number of aromatic nitrogens is 3. The van der Waals surface area contributed by atoms with Crippen LogP contribution >= 0.6 is 0 Å². The molecule has 25 heavy (non-hydrogen) atoms. The Morgan fingerprint density at radius 2 is 2.00 bits per heavy atom. The topological polar surface area (TPSA) is 64.6 Å². The fourth-order valence-corrected chi connectivity index (χ4v) is 3.32. The molecular weight excluding hydrogens is 316 g/mol. The molecule has 4 heterocycles. The molecule has 1 aliphatic heterocycles. The minimum Gasteiger partial charge on any atom is -0.464 e. The normalized spacial score (nSPS) is 15.8. The summed E-state index contributed by atoms with van der Waals surface area (Å²) in [7, 11) is 0. The number of nitrogens with zero attached hydrogens (tertiary/aromatic N) is 3. The molecule has 6 nitrogen and oxygen atoms in total. The summed E-state index contributed by atoms with van der Waals surface area (Å²) in [6.07, 6.45) is 5.58. The SMILES string of the molecule is c1cc2cc(-c3cnc4ccc(NC5CCOCC5)nn34)ccc2o1. The predicted molar refractivity (Wildman–Crippen MR) is 95.7 cm³/mol. The number of furan rings is 1. The molecule has 1 fully saturated rings. The van der Waals surface area contributed by atoms with E-state index in [0.29, 0.717) is 6.04 Å². The third kappa shape index (κ3) is 2.64. The Kier molecular flexibility index (Phi) is 3.41. The zero-order valence-electron chi connectivity index (χ0n) is 13.7. The highest BCUT2D eigenvalue weighted by atomic mass is 16.5. The number of imidazole rings is 1. The first-order chi connectivity index (χ1) is 12.4.